The number of esters is 1. The lowest BCUT2D eigenvalue weighted by Crippen LogP contribution is -2.47. The molecule has 3 heterocycles. The second kappa shape index (κ2) is 11.1. The first-order valence-electron chi connectivity index (χ1n) is 12.2. The average Bonchev–Trinajstić information content (AvgIpc) is 3.33. The van der Waals surface area contributed by atoms with Crippen LogP contribution in [0.3, 0.4) is 0 Å². The fourth-order valence-corrected chi connectivity index (χ4v) is 4.12. The van der Waals surface area contributed by atoms with E-state index in [9.17, 15) is 18.8 Å². The van der Waals surface area contributed by atoms with Crippen molar-refractivity contribution in [2.24, 2.45) is 0 Å². The van der Waals surface area contributed by atoms with Gasteiger partial charge in [0.1, 0.15) is 17.5 Å². The first-order valence-corrected chi connectivity index (χ1v) is 12.2. The highest BCUT2D eigenvalue weighted by Gasteiger charge is 2.33. The number of piperazine rings is 1. The number of carbonyl (C=O) groups is 3. The lowest BCUT2D eigenvalue weighted by atomic mass is 10.0. The highest BCUT2D eigenvalue weighted by atomic mass is 19.1. The van der Waals surface area contributed by atoms with Crippen LogP contribution in [-0.2, 0) is 9.47 Å². The van der Waals surface area contributed by atoms with Crippen LogP contribution >= 0.6 is 0 Å². The minimum atomic E-state index is -0.864. The Balaban J connectivity index is 1.57. The summed E-state index contributed by atoms with van der Waals surface area (Å²) < 4.78 is 30.4. The molecular weight excluding hydrogens is 483 g/mol. The topological polar surface area (TPSA) is 110 Å². The van der Waals surface area contributed by atoms with Gasteiger partial charge in [-0.2, -0.15) is 0 Å². The molecule has 2 fully saturated rings. The number of rotatable bonds is 4. The molecular formula is C26H31FN4O6. The number of ether oxygens (including phenoxy) is 3. The van der Waals surface area contributed by atoms with Crippen molar-refractivity contribution in [2.75, 3.05) is 39.3 Å². The molecule has 2 aliphatic heterocycles. The Morgan fingerprint density at radius 3 is 2.38 bits per heavy atom. The minimum Gasteiger partial charge on any atom is -0.472 e. The Morgan fingerprint density at radius 1 is 1.00 bits per heavy atom. The molecule has 0 spiro atoms. The molecule has 2 aromatic rings. The van der Waals surface area contributed by atoms with Crippen molar-refractivity contribution in [2.45, 2.75) is 38.9 Å². The van der Waals surface area contributed by atoms with Crippen molar-refractivity contribution in [3.05, 3.63) is 47.9 Å². The standard InChI is InChI=1S/C26H31FN4O6/c1-26(2,3)37-25(34)31-13-9-19(16-31)35-22-21(17-4-6-18(27)7-5-17)20(8-10-29-22)23(32)36-24(33)30-14-11-28-12-15-30/h4-8,10,19,28H,9,11-16H2,1-3H3/t19-/m0/s1. The normalized spacial score (nSPS) is 17.9. The van der Waals surface area contributed by atoms with E-state index in [-0.39, 0.29) is 23.6 Å². The number of carbonyl (C=O) groups excluding carboxylic acids is 3. The van der Waals surface area contributed by atoms with E-state index >= 15 is 0 Å². The molecule has 2 amide bonds. The van der Waals surface area contributed by atoms with Gasteiger partial charge in [0.05, 0.1) is 17.7 Å². The second-order valence-electron chi connectivity index (χ2n) is 9.89. The fourth-order valence-electron chi connectivity index (χ4n) is 4.12. The third-order valence-electron chi connectivity index (χ3n) is 5.90. The van der Waals surface area contributed by atoms with Gasteiger partial charge in [-0.1, -0.05) is 12.1 Å². The number of aromatic nitrogens is 1. The molecule has 0 radical (unpaired) electrons. The molecule has 0 unspecified atom stereocenters. The zero-order valence-electron chi connectivity index (χ0n) is 21.2. The van der Waals surface area contributed by atoms with Gasteiger partial charge in [-0.05, 0) is 44.5 Å². The Bertz CT molecular complexity index is 1140. The quantitative estimate of drug-likeness (QED) is 0.488. The molecule has 0 aliphatic carbocycles. The largest absolute Gasteiger partial charge is 0.472 e. The second-order valence-corrected chi connectivity index (χ2v) is 9.89. The van der Waals surface area contributed by atoms with E-state index in [1.165, 1.54) is 41.4 Å². The molecule has 1 aromatic heterocycles. The molecule has 1 aromatic carbocycles. The number of amides is 2. The van der Waals surface area contributed by atoms with Gasteiger partial charge in [0.15, 0.2) is 0 Å². The van der Waals surface area contributed by atoms with E-state index in [0.29, 0.717) is 44.7 Å². The van der Waals surface area contributed by atoms with Gasteiger partial charge >= 0.3 is 18.2 Å². The van der Waals surface area contributed by atoms with Crippen LogP contribution in [0, 0.1) is 5.82 Å². The van der Waals surface area contributed by atoms with Crippen LogP contribution < -0.4 is 10.1 Å². The lowest BCUT2D eigenvalue weighted by Gasteiger charge is -2.26. The number of halogens is 1. The highest BCUT2D eigenvalue weighted by molar-refractivity contribution is 6.02. The van der Waals surface area contributed by atoms with Gasteiger partial charge in [-0.25, -0.2) is 23.8 Å². The Kier molecular flexibility index (Phi) is 7.91. The van der Waals surface area contributed by atoms with Gasteiger partial charge in [0, 0.05) is 45.3 Å². The Labute approximate surface area is 214 Å². The number of nitrogens with zero attached hydrogens (tertiary/aromatic N) is 3. The van der Waals surface area contributed by atoms with Gasteiger partial charge in [-0.15, -0.1) is 0 Å². The number of hydrogen-bond acceptors (Lipinski definition) is 8. The van der Waals surface area contributed by atoms with Crippen LogP contribution in [0.5, 0.6) is 5.88 Å². The molecule has 37 heavy (non-hydrogen) atoms. The maximum absolute atomic E-state index is 13.7. The van der Waals surface area contributed by atoms with Crippen LogP contribution in [0.15, 0.2) is 36.5 Å². The molecule has 1 atom stereocenters. The summed E-state index contributed by atoms with van der Waals surface area (Å²) in [6.07, 6.45) is 0.330. The number of nitrogens with one attached hydrogen (secondary N) is 1. The van der Waals surface area contributed by atoms with E-state index in [2.05, 4.69) is 10.3 Å². The average molecular weight is 515 g/mol. The smallest absolute Gasteiger partial charge is 0.417 e. The van der Waals surface area contributed by atoms with Crippen molar-refractivity contribution >= 4 is 18.2 Å². The minimum absolute atomic E-state index is 0.0575. The number of hydrogen-bond donors (Lipinski definition) is 1. The first kappa shape index (κ1) is 26.3. The summed E-state index contributed by atoms with van der Waals surface area (Å²) in [6.45, 7) is 8.18. The zero-order chi connectivity index (χ0) is 26.6. The van der Waals surface area contributed by atoms with Crippen molar-refractivity contribution < 1.29 is 33.0 Å². The van der Waals surface area contributed by atoms with Gasteiger partial charge in [0.25, 0.3) is 0 Å². The molecule has 10 nitrogen and oxygen atoms in total. The van der Waals surface area contributed by atoms with Crippen molar-refractivity contribution in [3.63, 3.8) is 0 Å². The Morgan fingerprint density at radius 2 is 1.70 bits per heavy atom. The van der Waals surface area contributed by atoms with Crippen LogP contribution in [0.4, 0.5) is 14.0 Å². The van der Waals surface area contributed by atoms with Crippen LogP contribution in [0.25, 0.3) is 11.1 Å². The van der Waals surface area contributed by atoms with Crippen LogP contribution in [0.1, 0.15) is 37.6 Å². The lowest BCUT2D eigenvalue weighted by molar-refractivity contribution is 0.0274. The van der Waals surface area contributed by atoms with Crippen molar-refractivity contribution in [1.82, 2.24) is 20.1 Å². The molecule has 1 N–H and O–H groups in total. The molecule has 0 bridgehead atoms. The van der Waals surface area contributed by atoms with Crippen LogP contribution in [-0.4, -0.2) is 83.9 Å². The van der Waals surface area contributed by atoms with E-state index < -0.39 is 35.7 Å². The van der Waals surface area contributed by atoms with Crippen molar-refractivity contribution in [3.8, 4) is 17.0 Å². The predicted octanol–water partition coefficient (Wildman–Crippen LogP) is 3.46. The van der Waals surface area contributed by atoms with Crippen molar-refractivity contribution in [1.29, 1.82) is 0 Å². The number of likely N-dealkylation sites (tertiary alicyclic amines) is 1. The number of benzene rings is 1. The predicted molar refractivity (Wildman–Crippen MR) is 132 cm³/mol. The van der Waals surface area contributed by atoms with E-state index in [1.54, 1.807) is 25.7 Å². The summed E-state index contributed by atoms with van der Waals surface area (Å²) in [4.78, 5) is 45.4. The monoisotopic (exact) mass is 514 g/mol. The highest BCUT2D eigenvalue weighted by Crippen LogP contribution is 2.34. The summed E-state index contributed by atoms with van der Waals surface area (Å²) in [5.41, 5.74) is 0.177. The zero-order valence-corrected chi connectivity index (χ0v) is 21.2. The summed E-state index contributed by atoms with van der Waals surface area (Å²) in [6, 6.07) is 6.94. The van der Waals surface area contributed by atoms with Gasteiger partial charge < -0.3 is 29.3 Å². The Hall–Kier alpha value is -3.73. The third kappa shape index (κ3) is 6.73. The molecule has 198 valence electrons. The summed E-state index contributed by atoms with van der Waals surface area (Å²) >= 11 is 0. The first-order chi connectivity index (χ1) is 17.6. The van der Waals surface area contributed by atoms with Gasteiger partial charge in [-0.3, -0.25) is 0 Å². The summed E-state index contributed by atoms with van der Waals surface area (Å²) in [7, 11) is 0. The maximum atomic E-state index is 13.7. The SMILES string of the molecule is CC(C)(C)OC(=O)N1CC[C@H](Oc2nccc(C(=O)OC(=O)N3CCNCC3)c2-c2ccc(F)cc2)C1. The molecule has 11 heteroatoms. The third-order valence-corrected chi connectivity index (χ3v) is 5.90. The van der Waals surface area contributed by atoms with Gasteiger partial charge in [0.2, 0.25) is 5.88 Å². The van der Waals surface area contributed by atoms with E-state index in [0.717, 1.165) is 0 Å². The molecule has 4 rings (SSSR count). The molecule has 2 saturated heterocycles. The number of pyridine rings is 1. The molecule has 0 saturated carbocycles. The fraction of sp³-hybridized carbons (Fsp3) is 0.462. The van der Waals surface area contributed by atoms with E-state index in [4.69, 9.17) is 14.2 Å². The van der Waals surface area contributed by atoms with Crippen LogP contribution in [0.2, 0.25) is 0 Å². The maximum Gasteiger partial charge on any atom is 0.417 e. The molecule has 2 aliphatic rings. The summed E-state index contributed by atoms with van der Waals surface area (Å²) in [5.74, 6) is -1.19. The van der Waals surface area contributed by atoms with E-state index in [1.807, 2.05) is 0 Å². The summed E-state index contributed by atoms with van der Waals surface area (Å²) in [5, 5.41) is 3.13.